The van der Waals surface area contributed by atoms with Crippen LogP contribution in [0.3, 0.4) is 0 Å². The number of ether oxygens (including phenoxy) is 4. The van der Waals surface area contributed by atoms with Crippen molar-refractivity contribution >= 4 is 29.2 Å². The van der Waals surface area contributed by atoms with Crippen molar-refractivity contribution in [1.82, 2.24) is 0 Å². The van der Waals surface area contributed by atoms with Gasteiger partial charge in [-0.2, -0.15) is 0 Å². The van der Waals surface area contributed by atoms with Gasteiger partial charge in [0.05, 0.1) is 5.02 Å². The number of carbonyl (C=O) groups excluding carboxylic acids is 1. The molecule has 1 aliphatic heterocycles. The third-order valence-electron chi connectivity index (χ3n) is 3.09. The molecule has 0 fully saturated rings. The van der Waals surface area contributed by atoms with Crippen molar-refractivity contribution in [2.45, 2.75) is 13.0 Å². The van der Waals surface area contributed by atoms with Gasteiger partial charge in [0, 0.05) is 11.1 Å². The molecule has 0 bridgehead atoms. The summed E-state index contributed by atoms with van der Waals surface area (Å²) in [5.41, 5.74) is 0. The zero-order chi connectivity index (χ0) is 16.4. The lowest BCUT2D eigenvalue weighted by molar-refractivity contribution is -0.141. The predicted octanol–water partition coefficient (Wildman–Crippen LogP) is 4.10. The van der Waals surface area contributed by atoms with Gasteiger partial charge in [-0.1, -0.05) is 23.2 Å². The van der Waals surface area contributed by atoms with E-state index in [2.05, 4.69) is 0 Å². The molecule has 3 rings (SSSR count). The van der Waals surface area contributed by atoms with E-state index >= 15 is 0 Å². The number of hydrogen-bond donors (Lipinski definition) is 0. The zero-order valence-corrected chi connectivity index (χ0v) is 13.6. The zero-order valence-electron chi connectivity index (χ0n) is 12.0. The van der Waals surface area contributed by atoms with Gasteiger partial charge in [0.2, 0.25) is 6.79 Å². The van der Waals surface area contributed by atoms with Crippen LogP contribution in [-0.2, 0) is 4.79 Å². The smallest absolute Gasteiger partial charge is 0.352 e. The third kappa shape index (κ3) is 3.63. The Balaban J connectivity index is 1.65. The molecule has 0 spiro atoms. The summed E-state index contributed by atoms with van der Waals surface area (Å²) < 4.78 is 21.2. The summed E-state index contributed by atoms with van der Waals surface area (Å²) in [6.07, 6.45) is -0.848. The molecular formula is C16H12Cl2O5. The topological polar surface area (TPSA) is 54.0 Å². The second-order valence-corrected chi connectivity index (χ2v) is 5.61. The van der Waals surface area contributed by atoms with E-state index in [1.165, 1.54) is 6.07 Å². The second-order valence-electron chi connectivity index (χ2n) is 4.77. The standard InChI is InChI=1S/C16H12Cl2O5/c1-9(22-13-4-2-10(17)6-12(13)18)16(19)23-11-3-5-14-15(7-11)21-8-20-14/h2-7,9H,8H2,1H3/t9-/m0/s1. The van der Waals surface area contributed by atoms with E-state index in [9.17, 15) is 4.79 Å². The van der Waals surface area contributed by atoms with Crippen LogP contribution in [0.4, 0.5) is 0 Å². The third-order valence-corrected chi connectivity index (χ3v) is 3.62. The molecule has 0 unspecified atom stereocenters. The largest absolute Gasteiger partial charge is 0.477 e. The summed E-state index contributed by atoms with van der Waals surface area (Å²) in [4.78, 5) is 12.1. The van der Waals surface area contributed by atoms with E-state index in [-0.39, 0.29) is 6.79 Å². The van der Waals surface area contributed by atoms with Crippen LogP contribution in [0.25, 0.3) is 0 Å². The van der Waals surface area contributed by atoms with Gasteiger partial charge < -0.3 is 18.9 Å². The van der Waals surface area contributed by atoms with Crippen LogP contribution in [0.2, 0.25) is 10.0 Å². The number of fused-ring (bicyclic) bond motifs is 1. The molecule has 2 aromatic carbocycles. The van der Waals surface area contributed by atoms with Crippen LogP contribution < -0.4 is 18.9 Å². The maximum absolute atomic E-state index is 12.1. The van der Waals surface area contributed by atoms with Gasteiger partial charge >= 0.3 is 5.97 Å². The van der Waals surface area contributed by atoms with Crippen LogP contribution in [0, 0.1) is 0 Å². The van der Waals surface area contributed by atoms with Crippen LogP contribution in [0.5, 0.6) is 23.0 Å². The van der Waals surface area contributed by atoms with E-state index in [1.807, 2.05) is 0 Å². The highest BCUT2D eigenvalue weighted by molar-refractivity contribution is 6.35. The predicted molar refractivity (Wildman–Crippen MR) is 84.8 cm³/mol. The van der Waals surface area contributed by atoms with E-state index in [1.54, 1.807) is 37.3 Å². The van der Waals surface area contributed by atoms with Crippen molar-refractivity contribution in [2.75, 3.05) is 6.79 Å². The summed E-state index contributed by atoms with van der Waals surface area (Å²) in [5, 5.41) is 0.804. The summed E-state index contributed by atoms with van der Waals surface area (Å²) in [6.45, 7) is 1.72. The summed E-state index contributed by atoms with van der Waals surface area (Å²) >= 11 is 11.8. The van der Waals surface area contributed by atoms with Gasteiger partial charge in [0.15, 0.2) is 17.6 Å². The van der Waals surface area contributed by atoms with Crippen molar-refractivity contribution in [3.63, 3.8) is 0 Å². The van der Waals surface area contributed by atoms with Crippen molar-refractivity contribution in [2.24, 2.45) is 0 Å². The minimum absolute atomic E-state index is 0.154. The van der Waals surface area contributed by atoms with E-state index in [0.29, 0.717) is 33.0 Å². The Kier molecular flexibility index (Phi) is 4.50. The lowest BCUT2D eigenvalue weighted by atomic mass is 10.3. The Morgan fingerprint density at radius 1 is 1.13 bits per heavy atom. The molecule has 0 aromatic heterocycles. The van der Waals surface area contributed by atoms with Gasteiger partial charge in [0.25, 0.3) is 0 Å². The molecule has 120 valence electrons. The first kappa shape index (κ1) is 15.8. The minimum atomic E-state index is -0.848. The number of benzene rings is 2. The number of esters is 1. The molecule has 5 nitrogen and oxygen atoms in total. The fraction of sp³-hybridized carbons (Fsp3) is 0.188. The van der Waals surface area contributed by atoms with Gasteiger partial charge in [-0.05, 0) is 37.3 Å². The number of halogens is 2. The normalized spacial score (nSPS) is 13.5. The molecule has 0 amide bonds. The minimum Gasteiger partial charge on any atom is -0.477 e. The number of hydrogen-bond acceptors (Lipinski definition) is 5. The summed E-state index contributed by atoms with van der Waals surface area (Å²) in [7, 11) is 0. The highest BCUT2D eigenvalue weighted by Crippen LogP contribution is 2.35. The molecule has 1 heterocycles. The van der Waals surface area contributed by atoms with Gasteiger partial charge in [0.1, 0.15) is 11.5 Å². The summed E-state index contributed by atoms with van der Waals surface area (Å²) in [5.74, 6) is 1.28. The highest BCUT2D eigenvalue weighted by Gasteiger charge is 2.20. The molecule has 2 aromatic rings. The average Bonchev–Trinajstić information content (AvgIpc) is 2.97. The molecule has 0 aliphatic carbocycles. The monoisotopic (exact) mass is 354 g/mol. The Labute approximate surface area is 142 Å². The second kappa shape index (κ2) is 6.56. The van der Waals surface area contributed by atoms with Crippen molar-refractivity contribution in [3.8, 4) is 23.0 Å². The molecule has 0 N–H and O–H groups in total. The quantitative estimate of drug-likeness (QED) is 0.611. The van der Waals surface area contributed by atoms with Crippen molar-refractivity contribution < 1.29 is 23.7 Å². The average molecular weight is 355 g/mol. The molecular weight excluding hydrogens is 343 g/mol. The SMILES string of the molecule is C[C@H](Oc1ccc(Cl)cc1Cl)C(=O)Oc1ccc2c(c1)OCO2. The van der Waals surface area contributed by atoms with E-state index in [0.717, 1.165) is 0 Å². The molecule has 23 heavy (non-hydrogen) atoms. The van der Waals surface area contributed by atoms with Gasteiger partial charge in [-0.25, -0.2) is 4.79 Å². The molecule has 0 saturated carbocycles. The lowest BCUT2D eigenvalue weighted by Crippen LogP contribution is -2.28. The van der Waals surface area contributed by atoms with E-state index in [4.69, 9.17) is 42.1 Å². The van der Waals surface area contributed by atoms with Crippen LogP contribution in [-0.4, -0.2) is 18.9 Å². The first-order valence-corrected chi connectivity index (χ1v) is 7.51. The number of carbonyl (C=O) groups is 1. The van der Waals surface area contributed by atoms with E-state index < -0.39 is 12.1 Å². The molecule has 0 saturated heterocycles. The highest BCUT2D eigenvalue weighted by atomic mass is 35.5. The van der Waals surface area contributed by atoms with Gasteiger partial charge in [-0.3, -0.25) is 0 Å². The maximum atomic E-state index is 12.1. The maximum Gasteiger partial charge on any atom is 0.352 e. The molecule has 7 heteroatoms. The Bertz CT molecular complexity index is 747. The fourth-order valence-corrected chi connectivity index (χ4v) is 2.40. The Morgan fingerprint density at radius 2 is 1.91 bits per heavy atom. The lowest BCUT2D eigenvalue weighted by Gasteiger charge is -2.15. The van der Waals surface area contributed by atoms with Crippen molar-refractivity contribution in [3.05, 3.63) is 46.4 Å². The number of rotatable bonds is 4. The molecule has 1 atom stereocenters. The molecule has 0 radical (unpaired) electrons. The van der Waals surface area contributed by atoms with Crippen LogP contribution in [0.15, 0.2) is 36.4 Å². The fourth-order valence-electron chi connectivity index (χ4n) is 1.95. The van der Waals surface area contributed by atoms with Gasteiger partial charge in [-0.15, -0.1) is 0 Å². The Hall–Kier alpha value is -2.11. The van der Waals surface area contributed by atoms with Crippen molar-refractivity contribution in [1.29, 1.82) is 0 Å². The van der Waals surface area contributed by atoms with Crippen LogP contribution >= 0.6 is 23.2 Å². The Morgan fingerprint density at radius 3 is 2.70 bits per heavy atom. The molecule has 1 aliphatic rings. The summed E-state index contributed by atoms with van der Waals surface area (Å²) in [6, 6.07) is 9.63. The first-order valence-electron chi connectivity index (χ1n) is 6.76. The van der Waals surface area contributed by atoms with Crippen LogP contribution in [0.1, 0.15) is 6.92 Å². The first-order chi connectivity index (χ1) is 11.0.